The number of ether oxygens (including phenoxy) is 2. The minimum absolute atomic E-state index is 0.0693. The number of sulfonamides is 1. The molecule has 3 aromatic carbocycles. The zero-order chi connectivity index (χ0) is 43.9. The molecule has 5 aromatic rings. The summed E-state index contributed by atoms with van der Waals surface area (Å²) in [6.45, 7) is 8.52. The van der Waals surface area contributed by atoms with E-state index in [0.717, 1.165) is 62.6 Å². The molecule has 5 heterocycles. The summed E-state index contributed by atoms with van der Waals surface area (Å²) in [5, 5.41) is 15.9. The second kappa shape index (κ2) is 17.5. The van der Waals surface area contributed by atoms with Gasteiger partial charge in [-0.2, -0.15) is 0 Å². The number of nitrogens with zero attached hydrogens (tertiary/aromatic N) is 4. The number of nitrogens with one attached hydrogen (secondary N) is 3. The Balaban J connectivity index is 0.922. The van der Waals surface area contributed by atoms with Gasteiger partial charge in [-0.1, -0.05) is 38.1 Å². The van der Waals surface area contributed by atoms with Crippen molar-refractivity contribution in [3.05, 3.63) is 112 Å². The third kappa shape index (κ3) is 8.85. The highest BCUT2D eigenvalue weighted by atomic mass is 32.2. The van der Waals surface area contributed by atoms with Gasteiger partial charge in [0.15, 0.2) is 0 Å². The Morgan fingerprint density at radius 1 is 1.05 bits per heavy atom. The summed E-state index contributed by atoms with van der Waals surface area (Å²) >= 11 is 0. The Bertz CT molecular complexity index is 2620. The molecule has 1 unspecified atom stereocenters. The number of H-pyrrole nitrogens is 1. The first-order valence-corrected chi connectivity index (χ1v) is 23.6. The fourth-order valence-corrected chi connectivity index (χ4v) is 11.3. The van der Waals surface area contributed by atoms with Gasteiger partial charge in [0.2, 0.25) is 0 Å². The largest absolute Gasteiger partial charge is 0.455 e. The fourth-order valence-electron chi connectivity index (χ4n) is 10.3. The molecule has 2 aromatic heterocycles. The molecule has 332 valence electrons. The van der Waals surface area contributed by atoms with Crippen LogP contribution in [0.5, 0.6) is 11.5 Å². The van der Waals surface area contributed by atoms with Crippen molar-refractivity contribution >= 4 is 44.0 Å². The summed E-state index contributed by atoms with van der Waals surface area (Å²) in [4.78, 5) is 36.9. The first kappa shape index (κ1) is 42.7. The molecule has 4 aliphatic rings. The summed E-state index contributed by atoms with van der Waals surface area (Å²) in [7, 11) is -4.67. The van der Waals surface area contributed by atoms with E-state index >= 15 is 4.39 Å². The molecule has 63 heavy (non-hydrogen) atoms. The zero-order valence-electron chi connectivity index (χ0n) is 35.6. The summed E-state index contributed by atoms with van der Waals surface area (Å²) in [6, 6.07) is 19.2. The highest BCUT2D eigenvalue weighted by Crippen LogP contribution is 2.54. The van der Waals surface area contributed by atoms with Gasteiger partial charge < -0.3 is 24.7 Å². The molecule has 3 N–H and O–H groups in total. The van der Waals surface area contributed by atoms with E-state index in [2.05, 4.69) is 58.3 Å². The van der Waals surface area contributed by atoms with Crippen LogP contribution < -0.4 is 19.7 Å². The number of halogens is 1. The molecule has 1 amide bonds. The number of hydrogen-bond acceptors (Lipinski definition) is 11. The van der Waals surface area contributed by atoms with E-state index in [9.17, 15) is 23.3 Å². The van der Waals surface area contributed by atoms with E-state index in [4.69, 9.17) is 9.47 Å². The van der Waals surface area contributed by atoms with Crippen LogP contribution >= 0.6 is 0 Å². The Morgan fingerprint density at radius 2 is 1.83 bits per heavy atom. The molecule has 0 bridgehead atoms. The van der Waals surface area contributed by atoms with Crippen LogP contribution in [-0.4, -0.2) is 79.6 Å². The number of amides is 1. The minimum atomic E-state index is -4.67. The average Bonchev–Trinajstić information content (AvgIpc) is 3.96. The Kier molecular flexibility index (Phi) is 11.9. The van der Waals surface area contributed by atoms with Gasteiger partial charge in [-0.25, -0.2) is 22.5 Å². The number of pyridine rings is 1. The van der Waals surface area contributed by atoms with Crippen molar-refractivity contribution in [2.24, 2.45) is 11.3 Å². The number of piperidine rings is 1. The molecule has 9 rings (SSSR count). The second-order valence-electron chi connectivity index (χ2n) is 18.0. The Labute approximate surface area is 366 Å². The third-order valence-electron chi connectivity index (χ3n) is 13.8. The maximum absolute atomic E-state index is 16.3. The molecule has 1 spiro atoms. The smallest absolute Gasteiger partial charge is 0.293 e. The number of anilines is 2. The lowest BCUT2D eigenvalue weighted by atomic mass is 9.59. The van der Waals surface area contributed by atoms with E-state index in [1.54, 1.807) is 18.3 Å². The van der Waals surface area contributed by atoms with Gasteiger partial charge in [-0.15, -0.1) is 0 Å². The van der Waals surface area contributed by atoms with Crippen molar-refractivity contribution in [1.29, 1.82) is 0 Å². The molecule has 3 aliphatic heterocycles. The highest BCUT2D eigenvalue weighted by molar-refractivity contribution is 7.90. The van der Waals surface area contributed by atoms with Gasteiger partial charge in [0.1, 0.15) is 28.7 Å². The van der Waals surface area contributed by atoms with Crippen LogP contribution in [0.4, 0.5) is 21.5 Å². The minimum Gasteiger partial charge on any atom is -0.455 e. The van der Waals surface area contributed by atoms with Crippen molar-refractivity contribution in [3.8, 4) is 11.5 Å². The maximum Gasteiger partial charge on any atom is 0.293 e. The first-order chi connectivity index (χ1) is 30.4. The normalized spacial score (nSPS) is 19.7. The summed E-state index contributed by atoms with van der Waals surface area (Å²) in [5.74, 6) is -0.965. The predicted molar refractivity (Wildman–Crippen MR) is 238 cm³/mol. The van der Waals surface area contributed by atoms with E-state index in [1.165, 1.54) is 48.4 Å². The number of nitro benzene ring substituents is 1. The number of carbonyl (C=O) groups excluding carboxylic acids is 1. The number of aromatic amines is 1. The lowest BCUT2D eigenvalue weighted by Gasteiger charge is -2.56. The number of rotatable bonds is 13. The van der Waals surface area contributed by atoms with Gasteiger partial charge in [0, 0.05) is 68.6 Å². The SMILES string of the molecule is CC(C)c1ccccc1C1CCCN1C1CC2(CCN(c3cc(Oc4cnc5[nH]ccc5c4)c(C(=O)NS(=O)(=O)c4ccc(NCC5CCOCC5)c([N+](=O)[O-])c4)cc3F)CC2)C1. The van der Waals surface area contributed by atoms with Gasteiger partial charge in [-0.3, -0.25) is 19.8 Å². The summed E-state index contributed by atoms with van der Waals surface area (Å²) < 4.78 is 57.3. The molecule has 0 radical (unpaired) electrons. The quantitative estimate of drug-likeness (QED) is 0.0761. The molecule has 1 atom stereocenters. The number of hydrogen-bond donors (Lipinski definition) is 3. The fraction of sp³-hybridized carbons (Fsp3) is 0.447. The van der Waals surface area contributed by atoms with Crippen molar-refractivity contribution < 1.29 is 32.0 Å². The number of fused-ring (bicyclic) bond motifs is 1. The second-order valence-corrected chi connectivity index (χ2v) is 19.7. The van der Waals surface area contributed by atoms with Crippen LogP contribution in [0.2, 0.25) is 0 Å². The van der Waals surface area contributed by atoms with Gasteiger partial charge in [-0.05, 0) is 117 Å². The van der Waals surface area contributed by atoms with Crippen molar-refractivity contribution in [1.82, 2.24) is 19.6 Å². The first-order valence-electron chi connectivity index (χ1n) is 22.1. The van der Waals surface area contributed by atoms with Gasteiger partial charge in [0.05, 0.1) is 27.3 Å². The van der Waals surface area contributed by atoms with Crippen LogP contribution in [0.25, 0.3) is 11.0 Å². The number of carbonyl (C=O) groups is 1. The van der Waals surface area contributed by atoms with Crippen molar-refractivity contribution in [3.63, 3.8) is 0 Å². The summed E-state index contributed by atoms with van der Waals surface area (Å²) in [6.07, 6.45) is 11.2. The lowest BCUT2D eigenvalue weighted by molar-refractivity contribution is -0.384. The van der Waals surface area contributed by atoms with Crippen LogP contribution in [0.15, 0.2) is 84.0 Å². The molecule has 16 heteroatoms. The number of benzene rings is 3. The topological polar surface area (TPSA) is 172 Å². The molecular formula is C47H54FN7O7S. The molecule has 1 aliphatic carbocycles. The van der Waals surface area contributed by atoms with Crippen LogP contribution in [0, 0.1) is 27.3 Å². The van der Waals surface area contributed by atoms with Crippen molar-refractivity contribution in [2.45, 2.75) is 88.1 Å². The van der Waals surface area contributed by atoms with E-state index in [1.807, 2.05) is 9.62 Å². The summed E-state index contributed by atoms with van der Waals surface area (Å²) in [5.41, 5.74) is 3.26. The molecule has 4 fully saturated rings. The van der Waals surface area contributed by atoms with Crippen LogP contribution in [0.1, 0.15) is 98.7 Å². The van der Waals surface area contributed by atoms with Crippen LogP contribution in [-0.2, 0) is 14.8 Å². The van der Waals surface area contributed by atoms with Gasteiger partial charge in [0.25, 0.3) is 21.6 Å². The lowest BCUT2D eigenvalue weighted by Crippen LogP contribution is -2.55. The Morgan fingerprint density at radius 3 is 2.59 bits per heavy atom. The van der Waals surface area contributed by atoms with E-state index < -0.39 is 37.3 Å². The number of likely N-dealkylation sites (tertiary alicyclic amines) is 1. The molecular weight excluding hydrogens is 826 g/mol. The molecule has 1 saturated carbocycles. The standard InChI is InChI=1S/C47H54FN7O7S/c1-30(2)36-6-3-4-7-37(36)41-8-5-17-54(41)33-26-47(27-33)14-18-53(19-15-47)42-25-44(62-34-22-32-11-16-49-45(32)51-29-34)38(24-39(42)48)46(56)52-63(59,60)35-9-10-40(43(23-35)55(57)58)50-28-31-12-20-61-21-13-31/h3-4,6-7,9-11,16,22-25,29-31,33,41,50H,5,8,12-15,17-21,26-28H2,1-2H3,(H,49,51)(H,52,56). The molecule has 14 nitrogen and oxygen atoms in total. The van der Waals surface area contributed by atoms with E-state index in [0.29, 0.717) is 56.5 Å². The number of nitro groups is 1. The van der Waals surface area contributed by atoms with E-state index in [-0.39, 0.29) is 39.8 Å². The number of aromatic nitrogens is 2. The molecule has 3 saturated heterocycles. The van der Waals surface area contributed by atoms with Crippen LogP contribution in [0.3, 0.4) is 0 Å². The average molecular weight is 880 g/mol. The monoisotopic (exact) mass is 879 g/mol. The highest BCUT2D eigenvalue weighted by Gasteiger charge is 2.50. The van der Waals surface area contributed by atoms with Crippen molar-refractivity contribution in [2.75, 3.05) is 49.6 Å². The Hall–Kier alpha value is -5.58. The third-order valence-corrected chi connectivity index (χ3v) is 15.1. The maximum atomic E-state index is 16.3. The predicted octanol–water partition coefficient (Wildman–Crippen LogP) is 9.07. The van der Waals surface area contributed by atoms with Gasteiger partial charge >= 0.3 is 0 Å². The zero-order valence-corrected chi connectivity index (χ0v) is 36.5.